The van der Waals surface area contributed by atoms with E-state index < -0.39 is 10.0 Å². The molecule has 1 aromatic heterocycles. The van der Waals surface area contributed by atoms with Crippen LogP contribution < -0.4 is 0 Å². The van der Waals surface area contributed by atoms with Crippen LogP contribution in [0.25, 0.3) is 0 Å². The lowest BCUT2D eigenvalue weighted by Crippen LogP contribution is -2.59. The number of hydrogen-bond donors (Lipinski definition) is 0. The first-order valence-electron chi connectivity index (χ1n) is 7.99. The third-order valence-electron chi connectivity index (χ3n) is 4.77. The van der Waals surface area contributed by atoms with Gasteiger partial charge in [-0.15, -0.1) is 5.10 Å². The fourth-order valence-corrected chi connectivity index (χ4v) is 5.33. The molecule has 2 aliphatic rings. The van der Waals surface area contributed by atoms with Crippen LogP contribution in [-0.4, -0.2) is 78.1 Å². The maximum absolute atomic E-state index is 13.2. The van der Waals surface area contributed by atoms with Crippen LogP contribution in [0.3, 0.4) is 0 Å². The van der Waals surface area contributed by atoms with Crippen molar-refractivity contribution in [3.8, 4) is 0 Å². The minimum atomic E-state index is -3.64. The molecule has 1 aliphatic heterocycles. The molecule has 0 amide bonds. The van der Waals surface area contributed by atoms with Gasteiger partial charge in [-0.2, -0.15) is 4.31 Å². The van der Waals surface area contributed by atoms with E-state index in [9.17, 15) is 8.42 Å². The van der Waals surface area contributed by atoms with Gasteiger partial charge in [0.15, 0.2) is 5.03 Å². The normalized spacial score (nSPS) is 25.5. The Labute approximate surface area is 137 Å². The molecule has 3 rings (SSSR count). The van der Waals surface area contributed by atoms with Crippen LogP contribution in [-0.2, 0) is 21.8 Å². The SMILES string of the molecule is CN(C)CC1COC2(CCCC2)CN1S(=O)(=O)c1cnnn1C. The first kappa shape index (κ1) is 16.8. The summed E-state index contributed by atoms with van der Waals surface area (Å²) in [7, 11) is 1.84. The first-order valence-corrected chi connectivity index (χ1v) is 9.43. The van der Waals surface area contributed by atoms with Crippen LogP contribution in [0.2, 0.25) is 0 Å². The summed E-state index contributed by atoms with van der Waals surface area (Å²) in [5, 5.41) is 7.63. The van der Waals surface area contributed by atoms with E-state index in [0.717, 1.165) is 25.7 Å². The summed E-state index contributed by atoms with van der Waals surface area (Å²) in [4.78, 5) is 1.99. The van der Waals surface area contributed by atoms with Gasteiger partial charge in [0.25, 0.3) is 10.0 Å². The van der Waals surface area contributed by atoms with Gasteiger partial charge in [0.1, 0.15) is 0 Å². The number of ether oxygens (including phenoxy) is 1. The minimum Gasteiger partial charge on any atom is -0.372 e. The first-order chi connectivity index (χ1) is 10.8. The highest BCUT2D eigenvalue weighted by Gasteiger charge is 2.47. The van der Waals surface area contributed by atoms with Crippen molar-refractivity contribution < 1.29 is 13.2 Å². The number of aromatic nitrogens is 3. The molecule has 9 heteroatoms. The molecule has 1 saturated carbocycles. The summed E-state index contributed by atoms with van der Waals surface area (Å²) in [6, 6.07) is -0.198. The van der Waals surface area contributed by atoms with Crippen LogP contribution in [0.5, 0.6) is 0 Å². The zero-order valence-corrected chi connectivity index (χ0v) is 14.8. The monoisotopic (exact) mass is 343 g/mol. The lowest BCUT2D eigenvalue weighted by molar-refractivity contribution is -0.110. The van der Waals surface area contributed by atoms with Gasteiger partial charge in [-0.05, 0) is 26.9 Å². The summed E-state index contributed by atoms with van der Waals surface area (Å²) in [5.41, 5.74) is -0.318. The van der Waals surface area contributed by atoms with Gasteiger partial charge in [-0.25, -0.2) is 13.1 Å². The lowest BCUT2D eigenvalue weighted by atomic mass is 9.99. The standard InChI is InChI=1S/C14H25N5O3S/c1-17(2)9-12-10-22-14(6-4-5-7-14)11-19(12)23(20,21)13-8-15-16-18(13)3/h8,12H,4-7,9-11H2,1-3H3. The molecule has 1 aliphatic carbocycles. The molecular weight excluding hydrogens is 318 g/mol. The average Bonchev–Trinajstić information content (AvgIpc) is 3.10. The van der Waals surface area contributed by atoms with Gasteiger partial charge in [-0.1, -0.05) is 18.1 Å². The van der Waals surface area contributed by atoms with Crippen molar-refractivity contribution in [3.05, 3.63) is 6.20 Å². The number of likely N-dealkylation sites (N-methyl/N-ethyl adjacent to an activating group) is 1. The number of hydrogen-bond acceptors (Lipinski definition) is 6. The predicted molar refractivity (Wildman–Crippen MR) is 84.4 cm³/mol. The molecule has 0 aromatic carbocycles. The number of nitrogens with zero attached hydrogens (tertiary/aromatic N) is 5. The highest BCUT2D eigenvalue weighted by atomic mass is 32.2. The molecule has 1 aromatic rings. The van der Waals surface area contributed by atoms with Crippen molar-refractivity contribution >= 4 is 10.0 Å². The van der Waals surface area contributed by atoms with Crippen LogP contribution in [0.15, 0.2) is 11.2 Å². The second kappa shape index (κ2) is 6.12. The van der Waals surface area contributed by atoms with E-state index in [-0.39, 0.29) is 16.7 Å². The van der Waals surface area contributed by atoms with E-state index in [1.165, 1.54) is 10.9 Å². The maximum atomic E-state index is 13.2. The van der Waals surface area contributed by atoms with Crippen molar-refractivity contribution in [2.24, 2.45) is 7.05 Å². The van der Waals surface area contributed by atoms with Gasteiger partial charge >= 0.3 is 0 Å². The van der Waals surface area contributed by atoms with Gasteiger partial charge in [0, 0.05) is 20.1 Å². The van der Waals surface area contributed by atoms with Crippen molar-refractivity contribution in [2.45, 2.75) is 42.4 Å². The Bertz CT molecular complexity index is 651. The molecule has 23 heavy (non-hydrogen) atoms. The summed E-state index contributed by atoms with van der Waals surface area (Å²) in [6.07, 6.45) is 5.37. The van der Waals surface area contributed by atoms with E-state index in [1.54, 1.807) is 11.4 Å². The van der Waals surface area contributed by atoms with Crippen molar-refractivity contribution in [3.63, 3.8) is 0 Å². The van der Waals surface area contributed by atoms with E-state index >= 15 is 0 Å². The fraction of sp³-hybridized carbons (Fsp3) is 0.857. The van der Waals surface area contributed by atoms with Crippen LogP contribution in [0, 0.1) is 0 Å². The second-order valence-electron chi connectivity index (χ2n) is 6.86. The predicted octanol–water partition coefficient (Wildman–Crippen LogP) is 0.0790. The zero-order valence-electron chi connectivity index (χ0n) is 14.0. The third-order valence-corrected chi connectivity index (χ3v) is 6.71. The molecule has 0 N–H and O–H groups in total. The van der Waals surface area contributed by atoms with Gasteiger partial charge in [0.05, 0.1) is 24.4 Å². The zero-order chi connectivity index (χ0) is 16.7. The van der Waals surface area contributed by atoms with Crippen molar-refractivity contribution in [2.75, 3.05) is 33.8 Å². The number of aryl methyl sites for hydroxylation is 1. The van der Waals surface area contributed by atoms with Crippen LogP contribution >= 0.6 is 0 Å². The molecule has 0 bridgehead atoms. The summed E-state index contributed by atoms with van der Waals surface area (Å²) in [5.74, 6) is 0. The molecule has 8 nitrogen and oxygen atoms in total. The van der Waals surface area contributed by atoms with E-state index in [2.05, 4.69) is 10.3 Å². The van der Waals surface area contributed by atoms with Crippen LogP contribution in [0.1, 0.15) is 25.7 Å². The summed E-state index contributed by atoms with van der Waals surface area (Å²) in [6.45, 7) is 1.47. The van der Waals surface area contributed by atoms with Gasteiger partial charge in [-0.3, -0.25) is 0 Å². The Balaban J connectivity index is 1.94. The highest BCUT2D eigenvalue weighted by molar-refractivity contribution is 7.89. The maximum Gasteiger partial charge on any atom is 0.262 e. The van der Waals surface area contributed by atoms with E-state index in [0.29, 0.717) is 19.7 Å². The Morgan fingerprint density at radius 1 is 1.39 bits per heavy atom. The molecule has 0 radical (unpaired) electrons. The van der Waals surface area contributed by atoms with Gasteiger partial charge < -0.3 is 9.64 Å². The second-order valence-corrected chi connectivity index (χ2v) is 8.70. The molecule has 130 valence electrons. The molecule has 1 spiro atoms. The topological polar surface area (TPSA) is 80.6 Å². The molecule has 1 saturated heterocycles. The summed E-state index contributed by atoms with van der Waals surface area (Å²) < 4.78 is 35.4. The molecule has 1 atom stereocenters. The Hall–Kier alpha value is -1.03. The van der Waals surface area contributed by atoms with Crippen LogP contribution in [0.4, 0.5) is 0 Å². The number of rotatable bonds is 4. The number of morpholine rings is 1. The van der Waals surface area contributed by atoms with E-state index in [4.69, 9.17) is 4.74 Å². The molecular formula is C14H25N5O3S. The quantitative estimate of drug-likeness (QED) is 0.770. The van der Waals surface area contributed by atoms with Crippen molar-refractivity contribution in [1.82, 2.24) is 24.2 Å². The minimum absolute atomic E-state index is 0.135. The molecule has 2 heterocycles. The Morgan fingerprint density at radius 3 is 2.65 bits per heavy atom. The molecule has 1 unspecified atom stereocenters. The average molecular weight is 343 g/mol. The highest BCUT2D eigenvalue weighted by Crippen LogP contribution is 2.38. The Kier molecular flexibility index (Phi) is 4.47. The van der Waals surface area contributed by atoms with E-state index in [1.807, 2.05) is 19.0 Å². The summed E-state index contributed by atoms with van der Waals surface area (Å²) >= 11 is 0. The third kappa shape index (κ3) is 3.15. The molecule has 2 fully saturated rings. The number of sulfonamides is 1. The largest absolute Gasteiger partial charge is 0.372 e. The van der Waals surface area contributed by atoms with Crippen molar-refractivity contribution in [1.29, 1.82) is 0 Å². The smallest absolute Gasteiger partial charge is 0.262 e. The van der Waals surface area contributed by atoms with Gasteiger partial charge in [0.2, 0.25) is 0 Å². The lowest BCUT2D eigenvalue weighted by Gasteiger charge is -2.45. The Morgan fingerprint density at radius 2 is 2.09 bits per heavy atom. The fourth-order valence-electron chi connectivity index (χ4n) is 3.62.